The van der Waals surface area contributed by atoms with Crippen LogP contribution in [0, 0.1) is 11.3 Å². The maximum absolute atomic E-state index is 12.2. The standard InChI is InChI=1S/C13H16N2O3S/c1-10(2)15(8-7-14)13(16)11-5-4-6-12(9-11)19(3,17)18/h4-6,9-10H,8H2,1-3H3. The van der Waals surface area contributed by atoms with Gasteiger partial charge in [-0.15, -0.1) is 0 Å². The second kappa shape index (κ2) is 5.85. The van der Waals surface area contributed by atoms with Crippen molar-refractivity contribution in [3.05, 3.63) is 29.8 Å². The second-order valence-electron chi connectivity index (χ2n) is 4.48. The van der Waals surface area contributed by atoms with E-state index >= 15 is 0 Å². The highest BCUT2D eigenvalue weighted by Crippen LogP contribution is 2.14. The lowest BCUT2D eigenvalue weighted by Gasteiger charge is -2.23. The monoisotopic (exact) mass is 280 g/mol. The number of carbonyl (C=O) groups excluding carboxylic acids is 1. The number of hydrogen-bond acceptors (Lipinski definition) is 4. The van der Waals surface area contributed by atoms with Gasteiger partial charge in [-0.25, -0.2) is 8.42 Å². The molecule has 1 rings (SSSR count). The van der Waals surface area contributed by atoms with E-state index in [0.29, 0.717) is 0 Å². The van der Waals surface area contributed by atoms with Crippen molar-refractivity contribution in [1.29, 1.82) is 5.26 Å². The van der Waals surface area contributed by atoms with Crippen molar-refractivity contribution in [2.75, 3.05) is 12.8 Å². The van der Waals surface area contributed by atoms with Crippen LogP contribution in [0.2, 0.25) is 0 Å². The van der Waals surface area contributed by atoms with E-state index in [-0.39, 0.29) is 29.0 Å². The van der Waals surface area contributed by atoms with E-state index in [4.69, 9.17) is 5.26 Å². The Bertz CT molecular complexity index is 615. The molecule has 0 radical (unpaired) electrons. The number of amides is 1. The highest BCUT2D eigenvalue weighted by Gasteiger charge is 2.19. The largest absolute Gasteiger partial charge is 0.323 e. The predicted molar refractivity (Wildman–Crippen MR) is 71.3 cm³/mol. The first-order chi connectivity index (χ1) is 8.77. The molecule has 1 amide bonds. The summed E-state index contributed by atoms with van der Waals surface area (Å²) < 4.78 is 22.9. The summed E-state index contributed by atoms with van der Waals surface area (Å²) in [4.78, 5) is 13.7. The molecule has 0 N–H and O–H groups in total. The highest BCUT2D eigenvalue weighted by molar-refractivity contribution is 7.90. The van der Waals surface area contributed by atoms with Crippen LogP contribution in [0.4, 0.5) is 0 Å². The summed E-state index contributed by atoms with van der Waals surface area (Å²) in [6.45, 7) is 3.57. The molecule has 0 aliphatic carbocycles. The molecule has 0 atom stereocenters. The number of rotatable bonds is 4. The fourth-order valence-corrected chi connectivity index (χ4v) is 2.26. The summed E-state index contributed by atoms with van der Waals surface area (Å²) in [6.07, 6.45) is 1.09. The summed E-state index contributed by atoms with van der Waals surface area (Å²) in [5, 5.41) is 8.73. The quantitative estimate of drug-likeness (QED) is 0.782. The van der Waals surface area contributed by atoms with Gasteiger partial charge in [-0.05, 0) is 32.0 Å². The van der Waals surface area contributed by atoms with Gasteiger partial charge in [0.15, 0.2) is 9.84 Å². The van der Waals surface area contributed by atoms with E-state index < -0.39 is 9.84 Å². The zero-order valence-electron chi connectivity index (χ0n) is 11.1. The molecule has 0 saturated carbocycles. The highest BCUT2D eigenvalue weighted by atomic mass is 32.2. The van der Waals surface area contributed by atoms with Crippen molar-refractivity contribution in [3.8, 4) is 6.07 Å². The first-order valence-corrected chi connectivity index (χ1v) is 7.64. The second-order valence-corrected chi connectivity index (χ2v) is 6.50. The van der Waals surface area contributed by atoms with Crippen molar-refractivity contribution >= 4 is 15.7 Å². The Balaban J connectivity index is 3.16. The summed E-state index contributed by atoms with van der Waals surface area (Å²) in [7, 11) is -3.35. The van der Waals surface area contributed by atoms with E-state index in [1.165, 1.54) is 23.1 Å². The first-order valence-electron chi connectivity index (χ1n) is 5.75. The lowest BCUT2D eigenvalue weighted by Crippen LogP contribution is -2.37. The molecular weight excluding hydrogens is 264 g/mol. The van der Waals surface area contributed by atoms with E-state index in [9.17, 15) is 13.2 Å². The molecule has 6 heteroatoms. The minimum Gasteiger partial charge on any atom is -0.323 e. The Labute approximate surface area is 113 Å². The van der Waals surface area contributed by atoms with Gasteiger partial charge in [0.1, 0.15) is 6.54 Å². The zero-order chi connectivity index (χ0) is 14.6. The average Bonchev–Trinajstić information content (AvgIpc) is 2.34. The van der Waals surface area contributed by atoms with Crippen LogP contribution in [0.1, 0.15) is 24.2 Å². The maximum atomic E-state index is 12.2. The normalized spacial score (nSPS) is 11.1. The molecule has 0 aliphatic rings. The third kappa shape index (κ3) is 3.80. The maximum Gasteiger partial charge on any atom is 0.254 e. The van der Waals surface area contributed by atoms with Crippen LogP contribution in [-0.2, 0) is 9.84 Å². The van der Waals surface area contributed by atoms with Crippen LogP contribution in [0.5, 0.6) is 0 Å². The fourth-order valence-electron chi connectivity index (χ4n) is 1.59. The molecule has 0 fully saturated rings. The molecule has 0 unspecified atom stereocenters. The third-order valence-corrected chi connectivity index (χ3v) is 3.74. The molecular formula is C13H16N2O3S. The molecule has 0 heterocycles. The van der Waals surface area contributed by atoms with Gasteiger partial charge in [0, 0.05) is 17.9 Å². The molecule has 0 saturated heterocycles. The molecule has 0 aromatic heterocycles. The van der Waals surface area contributed by atoms with Crippen LogP contribution in [0.25, 0.3) is 0 Å². The van der Waals surface area contributed by atoms with Crippen LogP contribution in [-0.4, -0.2) is 38.1 Å². The van der Waals surface area contributed by atoms with Crippen LogP contribution < -0.4 is 0 Å². The summed E-state index contributed by atoms with van der Waals surface area (Å²) >= 11 is 0. The molecule has 1 aromatic carbocycles. The fraction of sp³-hybridized carbons (Fsp3) is 0.385. The van der Waals surface area contributed by atoms with Crippen molar-refractivity contribution in [2.45, 2.75) is 24.8 Å². The Morgan fingerprint density at radius 1 is 1.42 bits per heavy atom. The van der Waals surface area contributed by atoms with Gasteiger partial charge >= 0.3 is 0 Å². The van der Waals surface area contributed by atoms with E-state index in [1.807, 2.05) is 6.07 Å². The minimum atomic E-state index is -3.35. The summed E-state index contributed by atoms with van der Waals surface area (Å²) in [5.74, 6) is -0.345. The number of carbonyl (C=O) groups is 1. The number of nitrogens with zero attached hydrogens (tertiary/aromatic N) is 2. The Kier molecular flexibility index (Phi) is 4.67. The predicted octanol–water partition coefficient (Wildman–Crippen LogP) is 1.46. The zero-order valence-corrected chi connectivity index (χ0v) is 11.9. The molecule has 19 heavy (non-hydrogen) atoms. The molecule has 0 aliphatic heterocycles. The van der Waals surface area contributed by atoms with Crippen LogP contribution >= 0.6 is 0 Å². The van der Waals surface area contributed by atoms with E-state index in [2.05, 4.69) is 0 Å². The van der Waals surface area contributed by atoms with Crippen molar-refractivity contribution in [2.24, 2.45) is 0 Å². The van der Waals surface area contributed by atoms with Crippen LogP contribution in [0.15, 0.2) is 29.2 Å². The van der Waals surface area contributed by atoms with Crippen molar-refractivity contribution < 1.29 is 13.2 Å². The van der Waals surface area contributed by atoms with E-state index in [1.54, 1.807) is 19.9 Å². The third-order valence-electron chi connectivity index (χ3n) is 2.63. The summed E-state index contributed by atoms with van der Waals surface area (Å²) in [6, 6.07) is 7.65. The van der Waals surface area contributed by atoms with Gasteiger partial charge in [-0.3, -0.25) is 4.79 Å². The SMILES string of the molecule is CC(C)N(CC#N)C(=O)c1cccc(S(C)(=O)=O)c1. The van der Waals surface area contributed by atoms with Gasteiger partial charge in [0.2, 0.25) is 0 Å². The van der Waals surface area contributed by atoms with Crippen molar-refractivity contribution in [3.63, 3.8) is 0 Å². The smallest absolute Gasteiger partial charge is 0.254 e. The topological polar surface area (TPSA) is 78.2 Å². The lowest BCUT2D eigenvalue weighted by atomic mass is 10.1. The molecule has 102 valence electrons. The van der Waals surface area contributed by atoms with Gasteiger partial charge in [0.05, 0.1) is 11.0 Å². The first kappa shape index (κ1) is 15.2. The Morgan fingerprint density at radius 3 is 2.53 bits per heavy atom. The summed E-state index contributed by atoms with van der Waals surface area (Å²) in [5.41, 5.74) is 0.270. The molecule has 0 bridgehead atoms. The molecule has 5 nitrogen and oxygen atoms in total. The number of hydrogen-bond donors (Lipinski definition) is 0. The number of nitriles is 1. The average molecular weight is 280 g/mol. The van der Waals surface area contributed by atoms with Gasteiger partial charge in [-0.2, -0.15) is 5.26 Å². The van der Waals surface area contributed by atoms with Crippen molar-refractivity contribution in [1.82, 2.24) is 4.90 Å². The Hall–Kier alpha value is -1.87. The minimum absolute atomic E-state index is 0.0282. The number of benzene rings is 1. The molecule has 0 spiro atoms. The van der Waals surface area contributed by atoms with E-state index in [0.717, 1.165) is 6.26 Å². The van der Waals surface area contributed by atoms with Crippen LogP contribution in [0.3, 0.4) is 0 Å². The molecule has 1 aromatic rings. The van der Waals surface area contributed by atoms with Gasteiger partial charge in [0.25, 0.3) is 5.91 Å². The van der Waals surface area contributed by atoms with Gasteiger partial charge < -0.3 is 4.90 Å². The number of sulfone groups is 1. The Morgan fingerprint density at radius 2 is 2.05 bits per heavy atom. The van der Waals surface area contributed by atoms with Gasteiger partial charge in [-0.1, -0.05) is 6.07 Å². The lowest BCUT2D eigenvalue weighted by molar-refractivity contribution is 0.0731.